The molecule has 0 fully saturated rings. The number of hydrogen-bond donors (Lipinski definition) is 4. The predicted molar refractivity (Wildman–Crippen MR) is 153 cm³/mol. The molecule has 0 saturated heterocycles. The number of aliphatic hydroxyl groups excluding tert-OH is 2. The van der Waals surface area contributed by atoms with Crippen molar-refractivity contribution in [2.45, 2.75) is 44.9 Å². The maximum Gasteiger partial charge on any atom is 0.226 e. The van der Waals surface area contributed by atoms with Crippen molar-refractivity contribution in [2.75, 3.05) is 32.1 Å². The van der Waals surface area contributed by atoms with E-state index in [2.05, 4.69) is 20.2 Å². The van der Waals surface area contributed by atoms with E-state index in [-0.39, 0.29) is 12.5 Å². The van der Waals surface area contributed by atoms with Crippen molar-refractivity contribution < 1.29 is 15.0 Å². The Morgan fingerprint density at radius 3 is 2.21 bits per heavy atom. The molecule has 2 aromatic heterocycles. The molecule has 2 heterocycles. The molecule has 9 heteroatoms. The van der Waals surface area contributed by atoms with Crippen molar-refractivity contribution in [3.05, 3.63) is 102 Å². The summed E-state index contributed by atoms with van der Waals surface area (Å²) < 4.78 is 0. The minimum atomic E-state index is -0.680. The molecule has 0 aliphatic rings. The van der Waals surface area contributed by atoms with E-state index in [1.165, 1.54) is 0 Å². The highest BCUT2D eigenvalue weighted by Crippen LogP contribution is 2.13. The first-order valence-electron chi connectivity index (χ1n) is 13.3. The zero-order valence-electron chi connectivity index (χ0n) is 22.6. The fourth-order valence-corrected chi connectivity index (χ4v) is 4.06. The van der Waals surface area contributed by atoms with Gasteiger partial charge in [-0.1, -0.05) is 24.3 Å². The van der Waals surface area contributed by atoms with Crippen LogP contribution in [0.15, 0.2) is 85.0 Å². The van der Waals surface area contributed by atoms with Crippen LogP contribution in [-0.4, -0.2) is 68.7 Å². The Labute approximate surface area is 231 Å². The number of pyridine rings is 2. The Hall–Kier alpha value is -3.79. The molecule has 1 aromatic carbocycles. The summed E-state index contributed by atoms with van der Waals surface area (Å²) in [6.07, 6.45) is 7.11. The average molecular weight is 533 g/mol. The summed E-state index contributed by atoms with van der Waals surface area (Å²) in [6.45, 7) is 2.23. The third kappa shape index (κ3) is 11.2. The zero-order valence-corrected chi connectivity index (χ0v) is 22.6. The number of aliphatic hydroxyl groups is 2. The maximum atomic E-state index is 12.5. The number of amides is 1. The largest absolute Gasteiger partial charge is 0.400 e. The van der Waals surface area contributed by atoms with Crippen LogP contribution in [0, 0.1) is 0 Å². The topological polar surface area (TPSA) is 128 Å². The fourth-order valence-electron chi connectivity index (χ4n) is 4.06. The van der Waals surface area contributed by atoms with Crippen LogP contribution in [0.1, 0.15) is 36.2 Å². The number of aromatic nitrogens is 2. The van der Waals surface area contributed by atoms with E-state index in [1.54, 1.807) is 30.5 Å². The Balaban J connectivity index is 1.49. The fraction of sp³-hybridized carbons (Fsp3) is 0.367. The first-order chi connectivity index (χ1) is 18.9. The summed E-state index contributed by atoms with van der Waals surface area (Å²) in [5.74, 6) is 0.0449. The average Bonchev–Trinajstić information content (AvgIpc) is 2.95. The highest BCUT2D eigenvalue weighted by molar-refractivity contribution is 5.78. The number of nitrogens with two attached hydrogens (primary N) is 1. The van der Waals surface area contributed by atoms with Gasteiger partial charge in [-0.15, -0.1) is 0 Å². The number of nitrogens with one attached hydrogen (secondary N) is 1. The van der Waals surface area contributed by atoms with E-state index in [0.29, 0.717) is 44.7 Å². The molecule has 3 rings (SSSR count). The second-order valence-corrected chi connectivity index (χ2v) is 9.67. The summed E-state index contributed by atoms with van der Waals surface area (Å²) in [4.78, 5) is 25.3. The highest BCUT2D eigenvalue weighted by atomic mass is 16.3. The van der Waals surface area contributed by atoms with Gasteiger partial charge in [0.25, 0.3) is 0 Å². The molecule has 39 heavy (non-hydrogen) atoms. The number of unbranched alkanes of at least 4 members (excludes halogenated alkanes) is 1. The van der Waals surface area contributed by atoms with E-state index in [9.17, 15) is 9.90 Å². The molecule has 0 spiro atoms. The number of benzene rings is 1. The number of likely N-dealkylation sites (N-methyl/N-ethyl adjacent to an activating group) is 1. The number of hydrogen-bond acceptors (Lipinski definition) is 8. The third-order valence-electron chi connectivity index (χ3n) is 6.28. The van der Waals surface area contributed by atoms with Gasteiger partial charge >= 0.3 is 0 Å². The summed E-state index contributed by atoms with van der Waals surface area (Å²) in [6, 6.07) is 19.5. The first kappa shape index (κ1) is 29.8. The minimum Gasteiger partial charge on any atom is -0.400 e. The zero-order chi connectivity index (χ0) is 27.9. The lowest BCUT2D eigenvalue weighted by Crippen LogP contribution is -2.29. The van der Waals surface area contributed by atoms with Crippen LogP contribution in [0.4, 0.5) is 5.69 Å². The molecule has 3 aromatic rings. The lowest BCUT2D eigenvalue weighted by Gasteiger charge is -2.22. The highest BCUT2D eigenvalue weighted by Gasteiger charge is 2.12. The molecule has 1 atom stereocenters. The molecule has 0 aliphatic carbocycles. The molecule has 0 saturated carbocycles. The Morgan fingerprint density at radius 2 is 1.64 bits per heavy atom. The van der Waals surface area contributed by atoms with Gasteiger partial charge in [0.1, 0.15) is 0 Å². The lowest BCUT2D eigenvalue weighted by atomic mass is 10.1. The summed E-state index contributed by atoms with van der Waals surface area (Å²) in [5.41, 5.74) is 10.8. The summed E-state index contributed by atoms with van der Waals surface area (Å²) in [5, 5.41) is 21.5. The van der Waals surface area contributed by atoms with E-state index >= 15 is 0 Å². The Bertz CT molecular complexity index is 1100. The van der Waals surface area contributed by atoms with Crippen molar-refractivity contribution in [3.8, 4) is 0 Å². The van der Waals surface area contributed by atoms with Gasteiger partial charge in [-0.25, -0.2) is 0 Å². The van der Waals surface area contributed by atoms with Crippen LogP contribution in [0.2, 0.25) is 0 Å². The quantitative estimate of drug-likeness (QED) is 0.207. The Morgan fingerprint density at radius 1 is 1.00 bits per heavy atom. The van der Waals surface area contributed by atoms with Crippen molar-refractivity contribution in [3.63, 3.8) is 0 Å². The monoisotopic (exact) mass is 532 g/mol. The maximum absolute atomic E-state index is 12.5. The van der Waals surface area contributed by atoms with Crippen molar-refractivity contribution in [1.29, 1.82) is 0 Å². The first-order valence-corrected chi connectivity index (χ1v) is 13.3. The summed E-state index contributed by atoms with van der Waals surface area (Å²) in [7, 11) is 1.79. The van der Waals surface area contributed by atoms with Gasteiger partial charge in [0.05, 0.1) is 30.5 Å². The minimum absolute atomic E-state index is 0.0449. The van der Waals surface area contributed by atoms with Gasteiger partial charge in [0.15, 0.2) is 0 Å². The van der Waals surface area contributed by atoms with Crippen LogP contribution in [-0.2, 0) is 24.3 Å². The lowest BCUT2D eigenvalue weighted by molar-refractivity contribution is -0.129. The molecule has 9 nitrogen and oxygen atoms in total. The number of carbonyl (C=O) groups excluding carboxylic acids is 1. The van der Waals surface area contributed by atoms with Crippen LogP contribution >= 0.6 is 0 Å². The number of carbonyl (C=O) groups is 1. The number of nitrogens with zero attached hydrogens (tertiary/aromatic N) is 4. The van der Waals surface area contributed by atoms with E-state index in [4.69, 9.17) is 10.8 Å². The van der Waals surface area contributed by atoms with Gasteiger partial charge in [-0.3, -0.25) is 19.7 Å². The molecular formula is C30H40N6O3. The smallest absolute Gasteiger partial charge is 0.226 e. The van der Waals surface area contributed by atoms with E-state index in [1.807, 2.05) is 60.7 Å². The second kappa shape index (κ2) is 16.2. The standard InChI is InChI=1S/C30H40N6O3/c1-35(17-7-4-10-29(38)23-37)30(39)18-24-11-13-26(14-12-24)34-19-25(31)20-36(21-27-8-2-5-15-32-27)22-28-9-3-6-16-33-28/h2-3,5-6,8-9,11-16,19,29,34,37-38H,4,7,10,17-18,20-23,31H2,1H3/b25-19-. The number of rotatable bonds is 16. The van der Waals surface area contributed by atoms with Crippen molar-refractivity contribution in [1.82, 2.24) is 19.8 Å². The molecule has 1 unspecified atom stereocenters. The van der Waals surface area contributed by atoms with E-state index < -0.39 is 6.10 Å². The molecule has 0 bridgehead atoms. The molecule has 208 valence electrons. The van der Waals surface area contributed by atoms with Crippen LogP contribution in [0.25, 0.3) is 0 Å². The molecule has 0 aliphatic heterocycles. The predicted octanol–water partition coefficient (Wildman–Crippen LogP) is 2.92. The van der Waals surface area contributed by atoms with Crippen molar-refractivity contribution >= 4 is 11.6 Å². The van der Waals surface area contributed by atoms with Gasteiger partial charge in [-0.05, 0) is 61.2 Å². The molecule has 5 N–H and O–H groups in total. The van der Waals surface area contributed by atoms with Gasteiger partial charge in [-0.2, -0.15) is 0 Å². The second-order valence-electron chi connectivity index (χ2n) is 9.67. The normalized spacial score (nSPS) is 12.4. The van der Waals surface area contributed by atoms with E-state index in [0.717, 1.165) is 35.5 Å². The van der Waals surface area contributed by atoms with Crippen LogP contribution in [0.3, 0.4) is 0 Å². The van der Waals surface area contributed by atoms with Gasteiger partial charge in [0, 0.05) is 63.2 Å². The summed E-state index contributed by atoms with van der Waals surface area (Å²) >= 11 is 0. The number of anilines is 1. The molecule has 0 radical (unpaired) electrons. The molecule has 1 amide bonds. The van der Waals surface area contributed by atoms with Gasteiger partial charge < -0.3 is 26.2 Å². The molecular weight excluding hydrogens is 492 g/mol. The van der Waals surface area contributed by atoms with Crippen LogP contribution < -0.4 is 11.1 Å². The van der Waals surface area contributed by atoms with Crippen LogP contribution in [0.5, 0.6) is 0 Å². The van der Waals surface area contributed by atoms with Crippen molar-refractivity contribution in [2.24, 2.45) is 5.73 Å². The SMILES string of the molecule is CN(CCCCC(O)CO)C(=O)Cc1ccc(N/C=C(\N)CN(Cc2ccccn2)Cc2ccccn2)cc1. The Kier molecular flexibility index (Phi) is 12.4. The van der Waals surface area contributed by atoms with Gasteiger partial charge in [0.2, 0.25) is 5.91 Å². The third-order valence-corrected chi connectivity index (χ3v) is 6.28.